The van der Waals surface area contributed by atoms with Gasteiger partial charge in [0.15, 0.2) is 0 Å². The number of carboxylic acid groups (broad SMARTS) is 1. The minimum atomic E-state index is -0.683. The van der Waals surface area contributed by atoms with Crippen molar-refractivity contribution in [1.29, 1.82) is 0 Å². The number of likely N-dealkylation sites (tertiary alicyclic amines) is 1. The molecular weight excluding hydrogens is 306 g/mol. The maximum Gasteiger partial charge on any atom is 0.313 e. The quantitative estimate of drug-likeness (QED) is 0.859. The molecule has 2 atom stereocenters. The maximum atomic E-state index is 12.2. The first-order chi connectivity index (χ1) is 11.6. The molecule has 0 spiro atoms. The van der Waals surface area contributed by atoms with Crippen LogP contribution < -0.4 is 10.6 Å². The zero-order valence-corrected chi connectivity index (χ0v) is 13.9. The van der Waals surface area contributed by atoms with E-state index in [1.165, 1.54) is 32.1 Å². The summed E-state index contributed by atoms with van der Waals surface area (Å²) in [6.45, 7) is 2.78. The van der Waals surface area contributed by atoms with Gasteiger partial charge in [0, 0.05) is 44.3 Å². The second-order valence-corrected chi connectivity index (χ2v) is 7.53. The Morgan fingerprint density at radius 2 is 2.04 bits per heavy atom. The van der Waals surface area contributed by atoms with Gasteiger partial charge >= 0.3 is 5.97 Å². The van der Waals surface area contributed by atoms with E-state index in [0.717, 1.165) is 18.9 Å². The summed E-state index contributed by atoms with van der Waals surface area (Å²) in [4.78, 5) is 24.9. The average molecular weight is 331 g/mol. The van der Waals surface area contributed by atoms with E-state index in [9.17, 15) is 9.90 Å². The van der Waals surface area contributed by atoms with Crippen molar-refractivity contribution in [2.45, 2.75) is 38.1 Å². The minimum absolute atomic E-state index is 0.146. The standard InChI is InChI=1S/C17H25N5O2/c18-16-19-7-6-14(20-16)22-9-12-8-21(13-4-2-1-3-5-13)10-17(12,11-22)15(23)24/h6-7,12-13H,1-5,8-11H2,(H,23,24)(H2,18,19,20)/t12-,17-/m0/s1. The first-order valence-corrected chi connectivity index (χ1v) is 8.89. The van der Waals surface area contributed by atoms with E-state index < -0.39 is 11.4 Å². The smallest absolute Gasteiger partial charge is 0.313 e. The Kier molecular flexibility index (Phi) is 3.83. The Morgan fingerprint density at radius 3 is 2.71 bits per heavy atom. The number of anilines is 2. The Morgan fingerprint density at radius 1 is 1.25 bits per heavy atom. The number of carboxylic acids is 1. The molecular formula is C17H25N5O2. The van der Waals surface area contributed by atoms with Crippen LogP contribution in [0.25, 0.3) is 0 Å². The molecule has 130 valence electrons. The minimum Gasteiger partial charge on any atom is -0.481 e. The number of nitrogens with two attached hydrogens (primary N) is 1. The molecule has 0 unspecified atom stereocenters. The third kappa shape index (κ3) is 2.51. The Balaban J connectivity index is 1.54. The van der Waals surface area contributed by atoms with Gasteiger partial charge in [0.2, 0.25) is 5.95 Å². The molecule has 1 saturated carbocycles. The van der Waals surface area contributed by atoms with E-state index in [4.69, 9.17) is 5.73 Å². The van der Waals surface area contributed by atoms with Gasteiger partial charge in [-0.15, -0.1) is 0 Å². The molecule has 3 heterocycles. The predicted octanol–water partition coefficient (Wildman–Crippen LogP) is 1.21. The monoisotopic (exact) mass is 331 g/mol. The topological polar surface area (TPSA) is 95.6 Å². The fourth-order valence-corrected chi connectivity index (χ4v) is 4.85. The molecule has 7 heteroatoms. The molecule has 2 saturated heterocycles. The first kappa shape index (κ1) is 15.6. The van der Waals surface area contributed by atoms with E-state index in [0.29, 0.717) is 19.1 Å². The summed E-state index contributed by atoms with van der Waals surface area (Å²) in [7, 11) is 0. The van der Waals surface area contributed by atoms with Crippen LogP contribution in [0.2, 0.25) is 0 Å². The summed E-state index contributed by atoms with van der Waals surface area (Å²) < 4.78 is 0. The summed E-state index contributed by atoms with van der Waals surface area (Å²) in [5, 5.41) is 10.00. The largest absolute Gasteiger partial charge is 0.481 e. The van der Waals surface area contributed by atoms with Crippen molar-refractivity contribution >= 4 is 17.7 Å². The second kappa shape index (κ2) is 5.88. The average Bonchev–Trinajstić information content (AvgIpc) is 3.11. The number of nitrogen functional groups attached to an aromatic ring is 1. The van der Waals surface area contributed by atoms with Gasteiger partial charge in [-0.3, -0.25) is 9.69 Å². The van der Waals surface area contributed by atoms with E-state index in [-0.39, 0.29) is 11.9 Å². The lowest BCUT2D eigenvalue weighted by Gasteiger charge is -2.33. The normalized spacial score (nSPS) is 31.3. The second-order valence-electron chi connectivity index (χ2n) is 7.53. The lowest BCUT2D eigenvalue weighted by atomic mass is 9.81. The number of hydrogen-bond acceptors (Lipinski definition) is 6. The maximum absolute atomic E-state index is 12.2. The summed E-state index contributed by atoms with van der Waals surface area (Å²) in [5.74, 6) is 0.447. The summed E-state index contributed by atoms with van der Waals surface area (Å²) in [5.41, 5.74) is 5.00. The van der Waals surface area contributed by atoms with Crippen LogP contribution in [-0.4, -0.2) is 58.2 Å². The van der Waals surface area contributed by atoms with Gasteiger partial charge in [0.1, 0.15) is 11.2 Å². The summed E-state index contributed by atoms with van der Waals surface area (Å²) >= 11 is 0. The molecule has 0 radical (unpaired) electrons. The number of carbonyl (C=O) groups is 1. The highest BCUT2D eigenvalue weighted by Gasteiger charge is 2.58. The van der Waals surface area contributed by atoms with Gasteiger partial charge in [-0.2, -0.15) is 4.98 Å². The Hall–Kier alpha value is -1.89. The van der Waals surface area contributed by atoms with E-state index >= 15 is 0 Å². The van der Waals surface area contributed by atoms with Crippen molar-refractivity contribution < 1.29 is 9.90 Å². The molecule has 3 aliphatic rings. The molecule has 3 fully saturated rings. The third-order valence-electron chi connectivity index (χ3n) is 6.14. The zero-order chi connectivity index (χ0) is 16.7. The highest BCUT2D eigenvalue weighted by molar-refractivity contribution is 5.78. The van der Waals surface area contributed by atoms with Gasteiger partial charge in [-0.1, -0.05) is 19.3 Å². The molecule has 24 heavy (non-hydrogen) atoms. The number of aromatic nitrogens is 2. The molecule has 0 bridgehead atoms. The molecule has 3 N–H and O–H groups in total. The van der Waals surface area contributed by atoms with Crippen molar-refractivity contribution in [3.63, 3.8) is 0 Å². The highest BCUT2D eigenvalue weighted by Crippen LogP contribution is 2.45. The van der Waals surface area contributed by atoms with Crippen molar-refractivity contribution in [1.82, 2.24) is 14.9 Å². The van der Waals surface area contributed by atoms with Crippen molar-refractivity contribution in [3.8, 4) is 0 Å². The van der Waals surface area contributed by atoms with Gasteiger partial charge < -0.3 is 15.7 Å². The fourth-order valence-electron chi connectivity index (χ4n) is 4.85. The SMILES string of the molecule is Nc1nccc(N2C[C@@H]3CN(C4CCCCC4)C[C@]3(C(=O)O)C2)n1. The van der Waals surface area contributed by atoms with E-state index in [2.05, 4.69) is 19.8 Å². The molecule has 0 aromatic carbocycles. The molecule has 1 aromatic heterocycles. The van der Waals surface area contributed by atoms with Crippen LogP contribution in [0, 0.1) is 11.3 Å². The lowest BCUT2D eigenvalue weighted by molar-refractivity contribution is -0.148. The van der Waals surface area contributed by atoms with Crippen LogP contribution in [0.3, 0.4) is 0 Å². The number of nitrogens with zero attached hydrogens (tertiary/aromatic N) is 4. The molecule has 1 aliphatic carbocycles. The van der Waals surface area contributed by atoms with Gasteiger partial charge in [0.25, 0.3) is 0 Å². The number of fused-ring (bicyclic) bond motifs is 1. The molecule has 4 rings (SSSR count). The van der Waals surface area contributed by atoms with Gasteiger partial charge in [-0.05, 0) is 18.9 Å². The van der Waals surface area contributed by atoms with Crippen LogP contribution in [0.4, 0.5) is 11.8 Å². The summed E-state index contributed by atoms with van der Waals surface area (Å²) in [6.07, 6.45) is 7.94. The lowest BCUT2D eigenvalue weighted by Crippen LogP contribution is -2.43. The Labute approximate surface area is 141 Å². The third-order valence-corrected chi connectivity index (χ3v) is 6.14. The van der Waals surface area contributed by atoms with Crippen LogP contribution >= 0.6 is 0 Å². The molecule has 2 aliphatic heterocycles. The predicted molar refractivity (Wildman–Crippen MR) is 90.7 cm³/mol. The van der Waals surface area contributed by atoms with Crippen molar-refractivity contribution in [3.05, 3.63) is 12.3 Å². The number of rotatable bonds is 3. The molecule has 7 nitrogen and oxygen atoms in total. The van der Waals surface area contributed by atoms with Crippen LogP contribution in [-0.2, 0) is 4.79 Å². The van der Waals surface area contributed by atoms with E-state index in [1.54, 1.807) is 6.20 Å². The van der Waals surface area contributed by atoms with E-state index in [1.807, 2.05) is 6.07 Å². The molecule has 1 aromatic rings. The Bertz CT molecular complexity index is 633. The van der Waals surface area contributed by atoms with Gasteiger partial charge in [0.05, 0.1) is 0 Å². The van der Waals surface area contributed by atoms with Gasteiger partial charge in [-0.25, -0.2) is 4.98 Å². The van der Waals surface area contributed by atoms with Crippen LogP contribution in [0.5, 0.6) is 0 Å². The van der Waals surface area contributed by atoms with Crippen molar-refractivity contribution in [2.75, 3.05) is 36.8 Å². The van der Waals surface area contributed by atoms with Crippen molar-refractivity contribution in [2.24, 2.45) is 11.3 Å². The number of aliphatic carboxylic acids is 1. The number of hydrogen-bond donors (Lipinski definition) is 2. The van der Waals surface area contributed by atoms with Crippen LogP contribution in [0.15, 0.2) is 12.3 Å². The zero-order valence-electron chi connectivity index (χ0n) is 13.9. The highest BCUT2D eigenvalue weighted by atomic mass is 16.4. The molecule has 0 amide bonds. The fraction of sp³-hybridized carbons (Fsp3) is 0.706. The first-order valence-electron chi connectivity index (χ1n) is 8.89. The summed E-state index contributed by atoms with van der Waals surface area (Å²) in [6, 6.07) is 2.38. The van der Waals surface area contributed by atoms with Crippen LogP contribution in [0.1, 0.15) is 32.1 Å².